The fourth-order valence-electron chi connectivity index (χ4n) is 1.29. The maximum absolute atomic E-state index is 11.7. The lowest BCUT2D eigenvalue weighted by atomic mass is 10.2. The lowest BCUT2D eigenvalue weighted by Gasteiger charge is -2.15. The van der Waals surface area contributed by atoms with E-state index in [0.717, 1.165) is 10.2 Å². The number of carbonyl (C=O) groups excluding carboxylic acids is 1. The first-order chi connectivity index (χ1) is 8.13. The van der Waals surface area contributed by atoms with E-state index in [4.69, 9.17) is 4.74 Å². The van der Waals surface area contributed by atoms with Crippen molar-refractivity contribution in [3.05, 3.63) is 28.7 Å². The third kappa shape index (κ3) is 5.19. The average Bonchev–Trinajstić information content (AvgIpc) is 2.32. The van der Waals surface area contributed by atoms with E-state index in [1.165, 1.54) is 0 Å². The van der Waals surface area contributed by atoms with Crippen LogP contribution in [0.5, 0.6) is 0 Å². The van der Waals surface area contributed by atoms with Crippen molar-refractivity contribution in [2.45, 2.75) is 13.0 Å². The molecule has 0 aliphatic heterocycles. The Kier molecular flexibility index (Phi) is 6.00. The van der Waals surface area contributed by atoms with Gasteiger partial charge in [-0.3, -0.25) is 4.79 Å². The molecular weight excluding hydrogens is 284 g/mol. The number of hydrogen-bond donors (Lipinski definition) is 2. The van der Waals surface area contributed by atoms with Gasteiger partial charge in [0.1, 0.15) is 6.04 Å². The van der Waals surface area contributed by atoms with Crippen LogP contribution < -0.4 is 10.6 Å². The zero-order valence-electron chi connectivity index (χ0n) is 10.00. The van der Waals surface area contributed by atoms with Crippen LogP contribution in [-0.2, 0) is 9.53 Å². The predicted octanol–water partition coefficient (Wildman–Crippen LogP) is 2.01. The molecule has 1 atom stereocenters. The monoisotopic (exact) mass is 300 g/mol. The Morgan fingerprint density at radius 3 is 2.65 bits per heavy atom. The second kappa shape index (κ2) is 7.29. The lowest BCUT2D eigenvalue weighted by Crippen LogP contribution is -2.39. The molecule has 1 aromatic rings. The summed E-state index contributed by atoms with van der Waals surface area (Å²) in [6, 6.07) is 7.43. The summed E-state index contributed by atoms with van der Waals surface area (Å²) in [5.74, 6) is -0.0371. The molecule has 1 amide bonds. The second-order valence-corrected chi connectivity index (χ2v) is 4.57. The number of halogens is 1. The summed E-state index contributed by atoms with van der Waals surface area (Å²) < 4.78 is 5.88. The highest BCUT2D eigenvalue weighted by molar-refractivity contribution is 9.10. The molecule has 1 unspecified atom stereocenters. The van der Waals surface area contributed by atoms with E-state index in [-0.39, 0.29) is 11.9 Å². The van der Waals surface area contributed by atoms with Gasteiger partial charge in [0, 0.05) is 23.8 Å². The molecule has 0 radical (unpaired) electrons. The molecule has 0 spiro atoms. The maximum Gasteiger partial charge on any atom is 0.242 e. The first kappa shape index (κ1) is 14.0. The van der Waals surface area contributed by atoms with Gasteiger partial charge in [-0.25, -0.2) is 0 Å². The van der Waals surface area contributed by atoms with E-state index in [2.05, 4.69) is 26.6 Å². The zero-order chi connectivity index (χ0) is 12.7. The minimum absolute atomic E-state index is 0.0371. The lowest BCUT2D eigenvalue weighted by molar-refractivity contribution is -0.121. The van der Waals surface area contributed by atoms with Gasteiger partial charge in [-0.2, -0.15) is 0 Å². The summed E-state index contributed by atoms with van der Waals surface area (Å²) in [5.41, 5.74) is 0.919. The van der Waals surface area contributed by atoms with Crippen molar-refractivity contribution >= 4 is 27.5 Å². The van der Waals surface area contributed by atoms with E-state index < -0.39 is 0 Å². The quantitative estimate of drug-likeness (QED) is 0.790. The van der Waals surface area contributed by atoms with Crippen LogP contribution in [0.2, 0.25) is 0 Å². The molecule has 0 bridgehead atoms. The highest BCUT2D eigenvalue weighted by Gasteiger charge is 2.11. The van der Waals surface area contributed by atoms with Crippen LogP contribution in [0.25, 0.3) is 0 Å². The Balaban J connectivity index is 2.40. The number of nitrogens with one attached hydrogen (secondary N) is 2. The Labute approximate surface area is 110 Å². The van der Waals surface area contributed by atoms with E-state index in [0.29, 0.717) is 13.2 Å². The van der Waals surface area contributed by atoms with Crippen LogP contribution in [0.1, 0.15) is 6.92 Å². The number of carbonyl (C=O) groups is 1. The van der Waals surface area contributed by atoms with Gasteiger partial charge in [-0.15, -0.1) is 0 Å². The summed E-state index contributed by atoms with van der Waals surface area (Å²) in [7, 11) is 1.61. The van der Waals surface area contributed by atoms with Crippen molar-refractivity contribution in [2.75, 3.05) is 25.6 Å². The number of benzene rings is 1. The molecule has 2 N–H and O–H groups in total. The van der Waals surface area contributed by atoms with Crippen molar-refractivity contribution < 1.29 is 9.53 Å². The van der Waals surface area contributed by atoms with Gasteiger partial charge in [-0.05, 0) is 31.2 Å². The molecular formula is C12H17BrN2O2. The third-order valence-corrected chi connectivity index (χ3v) is 2.75. The highest BCUT2D eigenvalue weighted by Crippen LogP contribution is 2.14. The van der Waals surface area contributed by atoms with Gasteiger partial charge in [0.05, 0.1) is 6.61 Å². The van der Waals surface area contributed by atoms with Crippen molar-refractivity contribution in [2.24, 2.45) is 0 Å². The SMILES string of the molecule is COCCNC(=O)C(C)Nc1ccc(Br)cc1. The normalized spacial score (nSPS) is 11.9. The van der Waals surface area contributed by atoms with Gasteiger partial charge in [0.25, 0.3) is 0 Å². The molecule has 17 heavy (non-hydrogen) atoms. The summed E-state index contributed by atoms with van der Waals surface area (Å²) in [5, 5.41) is 5.90. The first-order valence-corrected chi connectivity index (χ1v) is 6.21. The predicted molar refractivity (Wildman–Crippen MR) is 72.1 cm³/mol. The van der Waals surface area contributed by atoms with Gasteiger partial charge in [-0.1, -0.05) is 15.9 Å². The second-order valence-electron chi connectivity index (χ2n) is 3.66. The van der Waals surface area contributed by atoms with Gasteiger partial charge < -0.3 is 15.4 Å². The van der Waals surface area contributed by atoms with Crippen molar-refractivity contribution in [1.82, 2.24) is 5.32 Å². The number of anilines is 1. The molecule has 0 saturated heterocycles. The molecule has 0 aliphatic carbocycles. The number of amides is 1. The summed E-state index contributed by atoms with van der Waals surface area (Å²) in [6.45, 7) is 2.88. The molecule has 0 heterocycles. The number of ether oxygens (including phenoxy) is 1. The number of rotatable bonds is 6. The summed E-state index contributed by atoms with van der Waals surface area (Å²) in [6.07, 6.45) is 0. The van der Waals surface area contributed by atoms with E-state index in [1.807, 2.05) is 31.2 Å². The molecule has 1 aromatic carbocycles. The Hall–Kier alpha value is -1.07. The molecule has 0 aliphatic rings. The summed E-state index contributed by atoms with van der Waals surface area (Å²) in [4.78, 5) is 11.7. The molecule has 4 nitrogen and oxygen atoms in total. The van der Waals surface area contributed by atoms with Crippen molar-refractivity contribution in [3.8, 4) is 0 Å². The Morgan fingerprint density at radius 1 is 1.41 bits per heavy atom. The maximum atomic E-state index is 11.7. The van der Waals surface area contributed by atoms with E-state index >= 15 is 0 Å². The fourth-order valence-corrected chi connectivity index (χ4v) is 1.56. The summed E-state index contributed by atoms with van der Waals surface area (Å²) >= 11 is 3.36. The van der Waals surface area contributed by atoms with Crippen LogP contribution in [0.3, 0.4) is 0 Å². The van der Waals surface area contributed by atoms with Crippen LogP contribution in [0, 0.1) is 0 Å². The molecule has 0 saturated carbocycles. The van der Waals surface area contributed by atoms with Crippen molar-refractivity contribution in [1.29, 1.82) is 0 Å². The van der Waals surface area contributed by atoms with Gasteiger partial charge >= 0.3 is 0 Å². The van der Waals surface area contributed by atoms with Gasteiger partial charge in [0.15, 0.2) is 0 Å². The topological polar surface area (TPSA) is 50.4 Å². The van der Waals surface area contributed by atoms with E-state index in [9.17, 15) is 4.79 Å². The molecule has 5 heteroatoms. The average molecular weight is 301 g/mol. The largest absolute Gasteiger partial charge is 0.383 e. The van der Waals surface area contributed by atoms with Crippen LogP contribution in [0.4, 0.5) is 5.69 Å². The van der Waals surface area contributed by atoms with Crippen molar-refractivity contribution in [3.63, 3.8) is 0 Å². The number of methoxy groups -OCH3 is 1. The minimum atomic E-state index is -0.270. The van der Waals surface area contributed by atoms with E-state index in [1.54, 1.807) is 7.11 Å². The zero-order valence-corrected chi connectivity index (χ0v) is 11.6. The van der Waals surface area contributed by atoms with Crippen LogP contribution in [-0.4, -0.2) is 32.2 Å². The van der Waals surface area contributed by atoms with Crippen LogP contribution in [0.15, 0.2) is 28.7 Å². The molecule has 1 rings (SSSR count). The highest BCUT2D eigenvalue weighted by atomic mass is 79.9. The Bertz CT molecular complexity index is 354. The standard InChI is InChI=1S/C12H17BrN2O2/c1-9(12(16)14-7-8-17-2)15-11-5-3-10(13)4-6-11/h3-6,9,15H,7-8H2,1-2H3,(H,14,16). The number of hydrogen-bond acceptors (Lipinski definition) is 3. The third-order valence-electron chi connectivity index (χ3n) is 2.23. The van der Waals surface area contributed by atoms with Crippen LogP contribution >= 0.6 is 15.9 Å². The Morgan fingerprint density at radius 2 is 2.06 bits per heavy atom. The minimum Gasteiger partial charge on any atom is -0.383 e. The smallest absolute Gasteiger partial charge is 0.242 e. The molecule has 0 fully saturated rings. The fraction of sp³-hybridized carbons (Fsp3) is 0.417. The molecule has 94 valence electrons. The molecule has 0 aromatic heterocycles. The first-order valence-electron chi connectivity index (χ1n) is 5.42. The van der Waals surface area contributed by atoms with Gasteiger partial charge in [0.2, 0.25) is 5.91 Å².